The van der Waals surface area contributed by atoms with Gasteiger partial charge in [0.05, 0.1) is 19.2 Å². The molecule has 0 bridgehead atoms. The van der Waals surface area contributed by atoms with Crippen LogP contribution in [0.5, 0.6) is 23.0 Å². The number of methoxy groups -OCH3 is 1. The summed E-state index contributed by atoms with van der Waals surface area (Å²) in [7, 11) is 1.56. The number of anilines is 1. The predicted octanol–water partition coefficient (Wildman–Crippen LogP) is 5.34. The molecule has 4 amide bonds. The van der Waals surface area contributed by atoms with Gasteiger partial charge in [-0.1, -0.05) is 31.0 Å². The van der Waals surface area contributed by atoms with E-state index in [1.165, 1.54) is 0 Å². The zero-order valence-corrected chi connectivity index (χ0v) is 23.6. The topological polar surface area (TPSA) is 160 Å². The molecule has 0 unspecified atom stereocenters. The first-order chi connectivity index (χ1) is 21.0. The first-order valence-corrected chi connectivity index (χ1v) is 13.7. The van der Waals surface area contributed by atoms with Gasteiger partial charge in [-0.25, -0.2) is 15.7 Å². The molecule has 43 heavy (non-hydrogen) atoms. The van der Waals surface area contributed by atoms with Crippen LogP contribution in [0.4, 0.5) is 10.5 Å². The summed E-state index contributed by atoms with van der Waals surface area (Å²) in [4.78, 5) is 39.8. The molecule has 0 radical (unpaired) electrons. The molecular formula is C31H33N5O7. The minimum Gasteiger partial charge on any atom is -0.493 e. The average molecular weight is 588 g/mol. The van der Waals surface area contributed by atoms with E-state index in [9.17, 15) is 14.4 Å². The summed E-state index contributed by atoms with van der Waals surface area (Å²) in [6, 6.07) is 20.0. The number of ether oxygens (including phenoxy) is 3. The number of rotatable bonds is 13. The maximum Gasteiger partial charge on any atom is 0.337 e. The Hall–Kier alpha value is -5.36. The quantitative estimate of drug-likeness (QED) is 0.0796. The third-order valence-corrected chi connectivity index (χ3v) is 6.33. The molecule has 0 saturated carbocycles. The maximum atomic E-state index is 12.2. The van der Waals surface area contributed by atoms with Crippen molar-refractivity contribution >= 4 is 34.4 Å². The Morgan fingerprint density at radius 1 is 0.837 bits per heavy atom. The van der Waals surface area contributed by atoms with Crippen molar-refractivity contribution in [2.75, 3.05) is 19.0 Å². The molecule has 12 nitrogen and oxygen atoms in total. The van der Waals surface area contributed by atoms with Crippen LogP contribution in [-0.2, 0) is 4.79 Å². The molecule has 0 aliphatic rings. The number of amides is 4. The lowest BCUT2D eigenvalue weighted by Gasteiger charge is -2.14. The Balaban J connectivity index is 1.31. The number of hydrazine groups is 1. The Kier molecular flexibility index (Phi) is 11.1. The van der Waals surface area contributed by atoms with Crippen molar-refractivity contribution in [1.82, 2.24) is 21.3 Å². The van der Waals surface area contributed by atoms with Crippen LogP contribution < -0.4 is 35.9 Å². The number of pyridine rings is 1. The van der Waals surface area contributed by atoms with Gasteiger partial charge in [-0.15, -0.1) is 0 Å². The summed E-state index contributed by atoms with van der Waals surface area (Å²) >= 11 is 0. The summed E-state index contributed by atoms with van der Waals surface area (Å²) in [5.41, 5.74) is 7.88. The Morgan fingerprint density at radius 3 is 2.35 bits per heavy atom. The molecule has 1 heterocycles. The zero-order valence-electron chi connectivity index (χ0n) is 23.6. The van der Waals surface area contributed by atoms with E-state index in [0.717, 1.165) is 24.6 Å². The van der Waals surface area contributed by atoms with Crippen LogP contribution >= 0.6 is 0 Å². The van der Waals surface area contributed by atoms with Crippen LogP contribution in [0.3, 0.4) is 0 Å². The van der Waals surface area contributed by atoms with Gasteiger partial charge in [0.15, 0.2) is 11.5 Å². The van der Waals surface area contributed by atoms with Crippen molar-refractivity contribution < 1.29 is 33.8 Å². The molecule has 4 aromatic rings. The van der Waals surface area contributed by atoms with Gasteiger partial charge >= 0.3 is 6.03 Å². The van der Waals surface area contributed by atoms with Crippen molar-refractivity contribution in [1.29, 1.82) is 0 Å². The molecule has 0 atom stereocenters. The second-order valence-electron chi connectivity index (χ2n) is 9.40. The molecule has 12 heteroatoms. The lowest BCUT2D eigenvalue weighted by molar-refractivity contribution is -0.129. The highest BCUT2D eigenvalue weighted by molar-refractivity contribution is 5.97. The molecule has 0 fully saturated rings. The molecule has 0 spiro atoms. The first kappa shape index (κ1) is 30.6. The summed E-state index contributed by atoms with van der Waals surface area (Å²) in [6.07, 6.45) is 5.16. The van der Waals surface area contributed by atoms with E-state index in [4.69, 9.17) is 19.4 Å². The van der Waals surface area contributed by atoms with Crippen LogP contribution in [-0.4, -0.2) is 41.8 Å². The minimum atomic E-state index is -0.602. The van der Waals surface area contributed by atoms with Gasteiger partial charge in [0.1, 0.15) is 11.5 Å². The smallest absolute Gasteiger partial charge is 0.337 e. The average Bonchev–Trinajstić information content (AvgIpc) is 3.04. The van der Waals surface area contributed by atoms with Gasteiger partial charge in [-0.3, -0.25) is 25.2 Å². The highest BCUT2D eigenvalue weighted by Gasteiger charge is 2.13. The number of hydroxylamine groups is 1. The molecule has 0 saturated heterocycles. The van der Waals surface area contributed by atoms with E-state index in [2.05, 4.69) is 21.2 Å². The number of benzene rings is 3. The van der Waals surface area contributed by atoms with Gasteiger partial charge in [0.25, 0.3) is 5.91 Å². The molecule has 224 valence electrons. The maximum absolute atomic E-state index is 12.2. The summed E-state index contributed by atoms with van der Waals surface area (Å²) < 4.78 is 17.6. The van der Waals surface area contributed by atoms with Gasteiger partial charge in [-0.2, -0.15) is 0 Å². The number of unbranched alkanes of at least 4 members (excludes halogenated alkanes) is 3. The fraction of sp³-hybridized carbons (Fsp3) is 0.226. The number of nitrogens with zero attached hydrogens (tertiary/aromatic N) is 1. The van der Waals surface area contributed by atoms with Crippen molar-refractivity contribution in [3.8, 4) is 23.0 Å². The zero-order chi connectivity index (χ0) is 30.4. The molecule has 4 rings (SSSR count). The summed E-state index contributed by atoms with van der Waals surface area (Å²) in [6.45, 7) is 0.474. The summed E-state index contributed by atoms with van der Waals surface area (Å²) in [5.74, 6) is 1.38. The highest BCUT2D eigenvalue weighted by Crippen LogP contribution is 2.37. The summed E-state index contributed by atoms with van der Waals surface area (Å²) in [5, 5.41) is 11.9. The molecule has 5 N–H and O–H groups in total. The van der Waals surface area contributed by atoms with Gasteiger partial charge in [0, 0.05) is 35.3 Å². The minimum absolute atomic E-state index is 0.292. The van der Waals surface area contributed by atoms with E-state index >= 15 is 0 Å². The van der Waals surface area contributed by atoms with Crippen LogP contribution in [0.2, 0.25) is 0 Å². The van der Waals surface area contributed by atoms with E-state index in [1.807, 2.05) is 6.07 Å². The number of aromatic nitrogens is 1. The number of hydrogen-bond donors (Lipinski definition) is 5. The lowest BCUT2D eigenvalue weighted by atomic mass is 10.1. The largest absolute Gasteiger partial charge is 0.493 e. The number of nitrogens with one attached hydrogen (secondary N) is 4. The number of carbonyl (C=O) groups excluding carboxylic acids is 3. The monoisotopic (exact) mass is 587 g/mol. The standard InChI is InChI=1S/C31H33N5O7/c1-41-27-19-24-25(20-28(27)42-18-8-3-2-7-11-29(37)36-40)32-17-16-26(24)43-23-14-12-22(13-15-23)33-31(39)35-34-30(38)21-9-5-4-6-10-21/h4-6,9-10,12-17,19-20,40H,2-3,7-8,11,18H2,1H3,(H,34,38)(H,36,37)(H2,33,35,39). The Morgan fingerprint density at radius 2 is 1.60 bits per heavy atom. The van der Waals surface area contributed by atoms with Gasteiger partial charge in [-0.05, 0) is 61.4 Å². The third-order valence-electron chi connectivity index (χ3n) is 6.33. The van der Waals surface area contributed by atoms with Crippen molar-refractivity contribution in [2.24, 2.45) is 0 Å². The second-order valence-corrected chi connectivity index (χ2v) is 9.40. The van der Waals surface area contributed by atoms with E-state index < -0.39 is 11.9 Å². The third kappa shape index (κ3) is 9.07. The van der Waals surface area contributed by atoms with E-state index in [-0.39, 0.29) is 5.91 Å². The fourth-order valence-corrected chi connectivity index (χ4v) is 4.14. The SMILES string of the molecule is COc1cc2c(Oc3ccc(NC(=O)NNC(=O)c4ccccc4)cc3)ccnc2cc1OCCCCCCC(=O)NO. The first-order valence-electron chi connectivity index (χ1n) is 13.7. The van der Waals surface area contributed by atoms with Crippen molar-refractivity contribution in [3.05, 3.63) is 84.6 Å². The predicted molar refractivity (Wildman–Crippen MR) is 159 cm³/mol. The number of hydrogen-bond acceptors (Lipinski definition) is 8. The Labute approximate surface area is 248 Å². The molecule has 1 aromatic heterocycles. The second kappa shape index (κ2) is 15.6. The number of carbonyl (C=O) groups is 3. The van der Waals surface area contributed by atoms with E-state index in [0.29, 0.717) is 59.2 Å². The highest BCUT2D eigenvalue weighted by atomic mass is 16.5. The van der Waals surface area contributed by atoms with Gasteiger partial charge < -0.3 is 19.5 Å². The van der Waals surface area contributed by atoms with Crippen molar-refractivity contribution in [3.63, 3.8) is 0 Å². The van der Waals surface area contributed by atoms with Crippen LogP contribution in [0.1, 0.15) is 42.5 Å². The van der Waals surface area contributed by atoms with Gasteiger partial charge in [0.2, 0.25) is 5.91 Å². The van der Waals surface area contributed by atoms with Crippen LogP contribution in [0.25, 0.3) is 10.9 Å². The fourth-order valence-electron chi connectivity index (χ4n) is 4.14. The Bertz CT molecular complexity index is 1530. The molecule has 3 aromatic carbocycles. The molecule has 0 aliphatic heterocycles. The molecule has 0 aliphatic carbocycles. The lowest BCUT2D eigenvalue weighted by Crippen LogP contribution is -2.43. The molecular weight excluding hydrogens is 554 g/mol. The number of urea groups is 1. The normalized spacial score (nSPS) is 10.5. The van der Waals surface area contributed by atoms with E-state index in [1.54, 1.807) is 85.5 Å². The van der Waals surface area contributed by atoms with Crippen LogP contribution in [0, 0.1) is 0 Å². The van der Waals surface area contributed by atoms with Crippen LogP contribution in [0.15, 0.2) is 79.0 Å². The van der Waals surface area contributed by atoms with Crippen molar-refractivity contribution in [2.45, 2.75) is 32.1 Å². The number of fused-ring (bicyclic) bond motifs is 1.